The molecule has 0 aliphatic carbocycles. The first-order chi connectivity index (χ1) is 39.9. The maximum atomic E-state index is 14.8. The second-order valence-electron chi connectivity index (χ2n) is 16.5. The zero-order valence-electron chi connectivity index (χ0n) is 42.5. The van der Waals surface area contributed by atoms with Crippen molar-refractivity contribution < 1.29 is 197 Å². The summed E-state index contributed by atoms with van der Waals surface area (Å²) >= 11 is 0. The molecule has 88 heavy (non-hydrogen) atoms. The number of hydrogen-bond donors (Lipinski definition) is 10. The fraction of sp³-hybridized carbons (Fsp3) is 0.545. The van der Waals surface area contributed by atoms with Crippen molar-refractivity contribution in [1.29, 1.82) is 0 Å². The lowest BCUT2D eigenvalue weighted by molar-refractivity contribution is -0.306. The van der Waals surface area contributed by atoms with E-state index < -0.39 is 258 Å². The van der Waals surface area contributed by atoms with Gasteiger partial charge in [0.2, 0.25) is 17.5 Å². The van der Waals surface area contributed by atoms with Crippen molar-refractivity contribution in [1.82, 2.24) is 0 Å². The Balaban J connectivity index is 1.79. The molecule has 0 spiro atoms. The van der Waals surface area contributed by atoms with E-state index in [1.807, 2.05) is 0 Å². The summed E-state index contributed by atoms with van der Waals surface area (Å²) in [5.74, 6) is -5.60. The Hall–Kier alpha value is -4.64. The number of phenols is 1. The van der Waals surface area contributed by atoms with Gasteiger partial charge in [-0.25, -0.2) is 37.6 Å². The van der Waals surface area contributed by atoms with Gasteiger partial charge in [-0.3, -0.25) is 45.8 Å². The van der Waals surface area contributed by atoms with Crippen LogP contribution in [0.5, 0.6) is 28.7 Å². The largest absolute Gasteiger partial charge is 0.507 e. The summed E-state index contributed by atoms with van der Waals surface area (Å²) in [6, 6.07) is 3.79. The Bertz CT molecular complexity index is 4130. The molecule has 0 radical (unpaired) electrons. The molecule has 0 saturated carbocycles. The maximum Gasteiger partial charge on any atom is 0.397 e. The molecule has 2 fully saturated rings. The number of aromatic hydroxyl groups is 1. The van der Waals surface area contributed by atoms with Crippen LogP contribution in [0.4, 0.5) is 0 Å². The quantitative estimate of drug-likeness (QED) is 0.0204. The highest BCUT2D eigenvalue weighted by atomic mass is 32.3. The SMILES string of the molecule is C[C@H]1O[C@@H](OC[C@@H]2O[C@H](Oc3c(-c4ccc(OCCOS(=O)(=O)O)c(OCCOS(=O)(=O)O)c4)oc4cc(OCCOS(=O)(=O)O)cc(O)c4c3=O)[C@@H](OS(=O)(=O)O)[C@H](OS(=O)(=O)O)[C@H]2OS(=O)(=O)O)[C@@H](OS(=O)(=O)O)[C@@H](OS(=O)(=O)O)[C@@H]1OS(=O)(=O)O. The summed E-state index contributed by atoms with van der Waals surface area (Å²) in [5, 5.41) is 10.2. The molecule has 55 heteroatoms. The number of fused-ring (bicyclic) bond motifs is 1. The van der Waals surface area contributed by atoms with Crippen LogP contribution in [-0.2, 0) is 145 Å². The van der Waals surface area contributed by atoms with Crippen molar-refractivity contribution in [2.24, 2.45) is 0 Å². The molecule has 2 aliphatic heterocycles. The predicted molar refractivity (Wildman–Crippen MR) is 267 cm³/mol. The van der Waals surface area contributed by atoms with Crippen LogP contribution in [0.3, 0.4) is 0 Å². The minimum Gasteiger partial charge on any atom is -0.507 e. The average molecular weight is 1460 g/mol. The third-order valence-electron chi connectivity index (χ3n) is 10.2. The topological polar surface area (TPSA) is 687 Å². The fourth-order valence-electron chi connectivity index (χ4n) is 7.44. The highest BCUT2D eigenvalue weighted by Crippen LogP contribution is 2.42. The van der Waals surface area contributed by atoms with Crippen LogP contribution < -0.4 is 24.4 Å². The summed E-state index contributed by atoms with van der Waals surface area (Å²) in [6.45, 7) is -6.52. The third kappa shape index (κ3) is 24.2. The summed E-state index contributed by atoms with van der Waals surface area (Å²) in [7, 11) is -51.9. The molecule has 5 rings (SSSR count). The van der Waals surface area contributed by atoms with Crippen molar-refractivity contribution in [2.45, 2.75) is 68.3 Å². The van der Waals surface area contributed by atoms with E-state index in [2.05, 4.69) is 37.6 Å². The Labute approximate surface area is 494 Å². The molecule has 3 heterocycles. The van der Waals surface area contributed by atoms with Crippen LogP contribution in [0.2, 0.25) is 0 Å². The Morgan fingerprint density at radius 1 is 0.455 bits per heavy atom. The van der Waals surface area contributed by atoms with Crippen LogP contribution in [-0.4, -0.2) is 230 Å². The minimum atomic E-state index is -6.29. The van der Waals surface area contributed by atoms with E-state index in [0.717, 1.165) is 24.3 Å². The predicted octanol–water partition coefficient (Wildman–Crippen LogP) is -4.25. The van der Waals surface area contributed by atoms with Crippen LogP contribution in [0.15, 0.2) is 39.5 Å². The van der Waals surface area contributed by atoms with E-state index in [-0.39, 0.29) is 0 Å². The molecular formula is C33H42O46S9. The first-order valence-electron chi connectivity index (χ1n) is 22.2. The average Bonchev–Trinajstić information content (AvgIpc) is 3.00. The molecule has 3 aromatic rings. The Morgan fingerprint density at radius 2 is 0.875 bits per heavy atom. The minimum absolute atomic E-state index is 0.520. The summed E-state index contributed by atoms with van der Waals surface area (Å²) in [5.41, 5.74) is -3.24. The van der Waals surface area contributed by atoms with Crippen LogP contribution >= 0.6 is 0 Å². The van der Waals surface area contributed by atoms with Gasteiger partial charge in [0, 0.05) is 17.7 Å². The van der Waals surface area contributed by atoms with Crippen LogP contribution in [0.1, 0.15) is 6.92 Å². The molecule has 46 nitrogen and oxygen atoms in total. The van der Waals surface area contributed by atoms with E-state index in [4.69, 9.17) is 51.2 Å². The van der Waals surface area contributed by atoms with Gasteiger partial charge in [0.25, 0.3) is 0 Å². The van der Waals surface area contributed by atoms with Crippen molar-refractivity contribution >= 4 is 105 Å². The lowest BCUT2D eigenvalue weighted by Gasteiger charge is -2.45. The van der Waals surface area contributed by atoms with Gasteiger partial charge in [-0.05, 0) is 25.1 Å². The maximum absolute atomic E-state index is 14.8. The first-order valence-corrected chi connectivity index (χ1v) is 34.5. The highest BCUT2D eigenvalue weighted by Gasteiger charge is 2.57. The number of rotatable bonds is 33. The fourth-order valence-corrected chi connectivity index (χ4v) is 11.3. The van der Waals surface area contributed by atoms with Gasteiger partial charge in [-0.15, -0.1) is 0 Å². The van der Waals surface area contributed by atoms with Gasteiger partial charge in [0.15, 0.2) is 35.8 Å². The van der Waals surface area contributed by atoms with E-state index in [0.29, 0.717) is 13.0 Å². The molecule has 504 valence electrons. The van der Waals surface area contributed by atoms with Gasteiger partial charge in [0.1, 0.15) is 92.6 Å². The van der Waals surface area contributed by atoms with Crippen molar-refractivity contribution in [2.75, 3.05) is 46.2 Å². The number of benzene rings is 2. The summed E-state index contributed by atoms with van der Waals surface area (Å²) in [6.07, 6.45) is -29.8. The zero-order valence-corrected chi connectivity index (χ0v) is 49.8. The second kappa shape index (κ2) is 28.5. The van der Waals surface area contributed by atoms with E-state index in [1.165, 1.54) is 0 Å². The molecule has 10 atom stereocenters. The van der Waals surface area contributed by atoms with E-state index >= 15 is 0 Å². The Morgan fingerprint density at radius 3 is 1.35 bits per heavy atom. The molecule has 1 aromatic heterocycles. The zero-order chi connectivity index (χ0) is 66.6. The van der Waals surface area contributed by atoms with Gasteiger partial charge >= 0.3 is 93.6 Å². The molecule has 10 N–H and O–H groups in total. The highest BCUT2D eigenvalue weighted by molar-refractivity contribution is 7.82. The molecular weight excluding hydrogens is 1420 g/mol. The Kier molecular flexibility index (Phi) is 24.0. The van der Waals surface area contributed by atoms with Gasteiger partial charge in [0.05, 0.1) is 12.7 Å². The van der Waals surface area contributed by atoms with Crippen molar-refractivity contribution in [3.8, 4) is 40.1 Å². The lowest BCUT2D eigenvalue weighted by Crippen LogP contribution is -2.65. The number of phenolic OH excluding ortho intramolecular Hbond substituents is 1. The molecule has 2 saturated heterocycles. The lowest BCUT2D eigenvalue weighted by atomic mass is 9.98. The van der Waals surface area contributed by atoms with Gasteiger partial charge in [-0.1, -0.05) is 0 Å². The molecule has 0 amide bonds. The van der Waals surface area contributed by atoms with Crippen molar-refractivity contribution in [3.05, 3.63) is 40.6 Å². The third-order valence-corrected chi connectivity index (χ3v) is 14.4. The van der Waals surface area contributed by atoms with E-state index in [9.17, 15) is 113 Å². The molecule has 0 bridgehead atoms. The van der Waals surface area contributed by atoms with E-state index in [1.54, 1.807) is 0 Å². The molecule has 2 aliphatic rings. The molecule has 2 aromatic carbocycles. The molecule has 0 unspecified atom stereocenters. The van der Waals surface area contributed by atoms with Gasteiger partial charge in [-0.2, -0.15) is 75.8 Å². The van der Waals surface area contributed by atoms with Gasteiger partial charge < -0.3 is 42.7 Å². The van der Waals surface area contributed by atoms with Crippen molar-refractivity contribution in [3.63, 3.8) is 0 Å². The number of ether oxygens (including phenoxy) is 7. The normalized spacial score (nSPS) is 23.8. The van der Waals surface area contributed by atoms with Crippen LogP contribution in [0.25, 0.3) is 22.3 Å². The number of hydrogen-bond acceptors (Lipinski definition) is 37. The first kappa shape index (κ1) is 74.1. The second-order valence-corrected chi connectivity index (χ2v) is 26.1. The standard InChI is InChI=1S/C33H42O46S9/c1-14-24(74-83(45,46)47)28(76-85(51,52)53)30(78-87(57,58)59)32(70-14)66-13-21-26(75-84(48,49)50)29(77-86(54,55)56)31(79-88(60,61)62)33(72-21)73-27-23(35)22-17(34)11-16(63-4-7-67-80(36,37)38)12-20(22)71-25(27)15-2-3-18(64-5-8-68-81(39,40)41)19(10-15)65-6-9-69-82(42,43)44/h2-3,10-12,14,21,24,26,28-34H,4-9,13H2,1H3,(H,36,37,38)(H,39,40,41)(H,42,43,44)(H,45,46,47)(H,48,49,50)(H,51,52,53)(H,54,55,56)(H,57,58,59)(H,60,61,62)/t14-,21+,24-,26+,28+,29-,30+,31+,32-,33-/m1/s1. The summed E-state index contributed by atoms with van der Waals surface area (Å²) in [4.78, 5) is 14.8. The smallest absolute Gasteiger partial charge is 0.397 e. The monoisotopic (exact) mass is 1460 g/mol. The summed E-state index contributed by atoms with van der Waals surface area (Å²) < 4.78 is 382. The van der Waals surface area contributed by atoms with Crippen LogP contribution in [0, 0.1) is 0 Å².